The lowest BCUT2D eigenvalue weighted by Crippen LogP contribution is -2.33. The summed E-state index contributed by atoms with van der Waals surface area (Å²) in [7, 11) is 0. The monoisotopic (exact) mass is 276 g/mol. The average molecular weight is 276 g/mol. The van der Waals surface area contributed by atoms with Crippen molar-refractivity contribution in [2.24, 2.45) is 5.41 Å². The fraction of sp³-hybridized carbons (Fsp3) is 0.400. The Hall–Kier alpha value is -2.17. The first-order chi connectivity index (χ1) is 9.34. The van der Waals surface area contributed by atoms with E-state index in [1.807, 2.05) is 0 Å². The van der Waals surface area contributed by atoms with Crippen molar-refractivity contribution >= 4 is 18.0 Å². The van der Waals surface area contributed by atoms with Gasteiger partial charge in [0.2, 0.25) is 0 Å². The summed E-state index contributed by atoms with van der Waals surface area (Å²) in [5, 5.41) is 11.4. The highest BCUT2D eigenvalue weighted by Crippen LogP contribution is 2.18. The molecule has 0 aliphatic heterocycles. The molecule has 1 rings (SSSR count). The predicted molar refractivity (Wildman–Crippen MR) is 77.3 cm³/mol. The van der Waals surface area contributed by atoms with Gasteiger partial charge in [0.1, 0.15) is 0 Å². The van der Waals surface area contributed by atoms with Gasteiger partial charge in [0.15, 0.2) is 0 Å². The van der Waals surface area contributed by atoms with Crippen molar-refractivity contribution < 1.29 is 14.7 Å². The van der Waals surface area contributed by atoms with Crippen molar-refractivity contribution in [3.8, 4) is 0 Å². The molecule has 20 heavy (non-hydrogen) atoms. The maximum atomic E-state index is 12.0. The zero-order valence-electron chi connectivity index (χ0n) is 12.0. The molecule has 108 valence electrons. The lowest BCUT2D eigenvalue weighted by molar-refractivity contribution is -0.131. The molecule has 0 aromatic carbocycles. The highest BCUT2D eigenvalue weighted by atomic mass is 16.4. The van der Waals surface area contributed by atoms with Crippen LogP contribution >= 0.6 is 0 Å². The van der Waals surface area contributed by atoms with Gasteiger partial charge in [0.05, 0.1) is 5.56 Å². The van der Waals surface area contributed by atoms with Gasteiger partial charge in [-0.25, -0.2) is 4.79 Å². The number of aliphatic carboxylic acids is 1. The fourth-order valence-electron chi connectivity index (χ4n) is 1.39. The van der Waals surface area contributed by atoms with Crippen LogP contribution in [0.5, 0.6) is 0 Å². The molecule has 1 amide bonds. The molecule has 0 unspecified atom stereocenters. The van der Waals surface area contributed by atoms with Crippen molar-refractivity contribution in [3.05, 3.63) is 35.7 Å². The van der Waals surface area contributed by atoms with E-state index in [4.69, 9.17) is 5.11 Å². The molecule has 0 aliphatic carbocycles. The van der Waals surface area contributed by atoms with E-state index < -0.39 is 5.97 Å². The number of pyridine rings is 1. The number of carboxylic acids is 1. The molecule has 5 heteroatoms. The Morgan fingerprint density at radius 3 is 2.70 bits per heavy atom. The van der Waals surface area contributed by atoms with Crippen LogP contribution in [0.3, 0.4) is 0 Å². The second kappa shape index (κ2) is 6.84. The quantitative estimate of drug-likeness (QED) is 0.782. The molecule has 0 bridgehead atoms. The Balaban J connectivity index is 2.74. The number of nitrogens with one attached hydrogen (secondary N) is 1. The number of nitrogens with zero attached hydrogens (tertiary/aromatic N) is 1. The number of carboxylic acid groups (broad SMARTS) is 1. The maximum Gasteiger partial charge on any atom is 0.328 e. The zero-order chi connectivity index (χ0) is 15.2. The molecule has 1 heterocycles. The molecular formula is C15H20N2O3. The summed E-state index contributed by atoms with van der Waals surface area (Å²) in [6.45, 7) is 6.82. The molecule has 1 aromatic heterocycles. The Morgan fingerprint density at radius 2 is 2.10 bits per heavy atom. The smallest absolute Gasteiger partial charge is 0.328 e. The van der Waals surface area contributed by atoms with Crippen LogP contribution in [0.15, 0.2) is 24.5 Å². The van der Waals surface area contributed by atoms with Gasteiger partial charge >= 0.3 is 5.97 Å². The zero-order valence-corrected chi connectivity index (χ0v) is 12.0. The third-order valence-electron chi connectivity index (χ3n) is 3.12. The molecule has 0 saturated heterocycles. The summed E-state index contributed by atoms with van der Waals surface area (Å²) in [5.41, 5.74) is 1.04. The van der Waals surface area contributed by atoms with Crippen LogP contribution in [-0.2, 0) is 4.79 Å². The third-order valence-corrected chi connectivity index (χ3v) is 3.12. The summed E-state index contributed by atoms with van der Waals surface area (Å²) in [4.78, 5) is 26.4. The van der Waals surface area contributed by atoms with Crippen molar-refractivity contribution in [1.82, 2.24) is 10.3 Å². The molecule has 0 atom stereocenters. The number of aromatic nitrogens is 1. The van der Waals surface area contributed by atoms with E-state index in [0.717, 1.165) is 12.5 Å². The summed E-state index contributed by atoms with van der Waals surface area (Å²) in [6.07, 6.45) is 6.35. The van der Waals surface area contributed by atoms with Gasteiger partial charge in [-0.1, -0.05) is 20.8 Å². The second-order valence-electron chi connectivity index (χ2n) is 5.38. The van der Waals surface area contributed by atoms with Crippen LogP contribution in [0.2, 0.25) is 0 Å². The molecule has 0 spiro atoms. The van der Waals surface area contributed by atoms with E-state index >= 15 is 0 Å². The van der Waals surface area contributed by atoms with Crippen molar-refractivity contribution in [3.63, 3.8) is 0 Å². The summed E-state index contributed by atoms with van der Waals surface area (Å²) < 4.78 is 0. The van der Waals surface area contributed by atoms with Gasteiger partial charge in [-0.05, 0) is 29.5 Å². The van der Waals surface area contributed by atoms with Crippen LogP contribution < -0.4 is 5.32 Å². The predicted octanol–water partition coefficient (Wildman–Crippen LogP) is 2.35. The van der Waals surface area contributed by atoms with Crippen molar-refractivity contribution in [1.29, 1.82) is 0 Å². The average Bonchev–Trinajstić information content (AvgIpc) is 2.43. The van der Waals surface area contributed by atoms with Crippen LogP contribution in [0.25, 0.3) is 6.08 Å². The molecule has 5 nitrogen and oxygen atoms in total. The Labute approximate surface area is 118 Å². The maximum absolute atomic E-state index is 12.0. The highest BCUT2D eigenvalue weighted by molar-refractivity contribution is 5.94. The van der Waals surface area contributed by atoms with Crippen molar-refractivity contribution in [2.75, 3.05) is 6.54 Å². The minimum Gasteiger partial charge on any atom is -0.478 e. The second-order valence-corrected chi connectivity index (χ2v) is 5.38. The van der Waals surface area contributed by atoms with Crippen LogP contribution in [-0.4, -0.2) is 28.5 Å². The first-order valence-electron chi connectivity index (χ1n) is 6.48. The largest absolute Gasteiger partial charge is 0.478 e. The van der Waals surface area contributed by atoms with E-state index in [1.54, 1.807) is 6.07 Å². The van der Waals surface area contributed by atoms with Gasteiger partial charge in [-0.15, -0.1) is 0 Å². The van der Waals surface area contributed by atoms with E-state index in [0.29, 0.717) is 17.7 Å². The number of rotatable bonds is 6. The van der Waals surface area contributed by atoms with E-state index in [2.05, 4.69) is 31.1 Å². The molecule has 0 fully saturated rings. The van der Waals surface area contributed by atoms with E-state index in [9.17, 15) is 9.59 Å². The number of hydrogen-bond acceptors (Lipinski definition) is 3. The number of carbonyl (C=O) groups is 2. The van der Waals surface area contributed by atoms with Gasteiger partial charge < -0.3 is 10.4 Å². The van der Waals surface area contributed by atoms with Gasteiger partial charge in [0.25, 0.3) is 5.91 Å². The Morgan fingerprint density at radius 1 is 1.40 bits per heavy atom. The first-order valence-corrected chi connectivity index (χ1v) is 6.48. The number of carbonyl (C=O) groups excluding carboxylic acids is 1. The molecule has 0 radical (unpaired) electrons. The van der Waals surface area contributed by atoms with E-state index in [1.165, 1.54) is 18.5 Å². The number of hydrogen-bond donors (Lipinski definition) is 2. The fourth-order valence-corrected chi connectivity index (χ4v) is 1.39. The Kier molecular flexibility index (Phi) is 5.43. The third kappa shape index (κ3) is 5.22. The molecule has 2 N–H and O–H groups in total. The first kappa shape index (κ1) is 15.9. The standard InChI is InChI=1S/C15H20N2O3/c1-4-15(2,3)10-17-14(20)12-7-11(8-16-9-12)5-6-13(18)19/h5-9H,4,10H2,1-3H3,(H,17,20)(H,18,19)/b6-5+. The highest BCUT2D eigenvalue weighted by Gasteiger charge is 2.16. The van der Waals surface area contributed by atoms with Gasteiger partial charge in [-0.2, -0.15) is 0 Å². The Bertz CT molecular complexity index is 522. The topological polar surface area (TPSA) is 79.3 Å². The van der Waals surface area contributed by atoms with Crippen LogP contribution in [0.1, 0.15) is 43.1 Å². The SMILES string of the molecule is CCC(C)(C)CNC(=O)c1cncc(/C=C/C(=O)O)c1. The van der Waals surface area contributed by atoms with Crippen molar-refractivity contribution in [2.45, 2.75) is 27.2 Å². The van der Waals surface area contributed by atoms with Crippen LogP contribution in [0, 0.1) is 5.41 Å². The molecular weight excluding hydrogens is 256 g/mol. The molecule has 0 aliphatic rings. The minimum atomic E-state index is -1.04. The summed E-state index contributed by atoms with van der Waals surface area (Å²) in [6, 6.07) is 1.61. The van der Waals surface area contributed by atoms with Gasteiger partial charge in [-0.3, -0.25) is 9.78 Å². The summed E-state index contributed by atoms with van der Waals surface area (Å²) >= 11 is 0. The number of amides is 1. The normalized spacial score (nSPS) is 11.6. The van der Waals surface area contributed by atoms with E-state index in [-0.39, 0.29) is 11.3 Å². The minimum absolute atomic E-state index is 0.0455. The summed E-state index contributed by atoms with van der Waals surface area (Å²) in [5.74, 6) is -1.24. The molecule has 0 saturated carbocycles. The lowest BCUT2D eigenvalue weighted by atomic mass is 9.90. The van der Waals surface area contributed by atoms with Crippen LogP contribution in [0.4, 0.5) is 0 Å². The lowest BCUT2D eigenvalue weighted by Gasteiger charge is -2.22. The molecule has 1 aromatic rings. The van der Waals surface area contributed by atoms with Gasteiger partial charge in [0, 0.05) is 25.0 Å².